The number of carbonyl (C=O) groups excluding carboxylic acids is 1. The molecular formula is C12H9ClFNO2. The number of rotatable bonds is 2. The highest BCUT2D eigenvalue weighted by atomic mass is 35.5. The summed E-state index contributed by atoms with van der Waals surface area (Å²) in [4.78, 5) is 11.6. The van der Waals surface area contributed by atoms with Gasteiger partial charge in [0.25, 0.3) is 5.91 Å². The lowest BCUT2D eigenvalue weighted by atomic mass is 10.2. The third-order valence-corrected chi connectivity index (χ3v) is 2.37. The van der Waals surface area contributed by atoms with Crippen molar-refractivity contribution >= 4 is 23.2 Å². The minimum absolute atomic E-state index is 0.0370. The molecule has 2 rings (SSSR count). The molecule has 0 bridgehead atoms. The van der Waals surface area contributed by atoms with Crippen LogP contribution in [0.15, 0.2) is 34.7 Å². The lowest BCUT2D eigenvalue weighted by molar-refractivity contribution is 0.0996. The molecule has 0 aliphatic heterocycles. The number of nitrogens with one attached hydrogen (secondary N) is 1. The van der Waals surface area contributed by atoms with Gasteiger partial charge >= 0.3 is 0 Å². The number of halogens is 2. The molecule has 2 aromatic rings. The summed E-state index contributed by atoms with van der Waals surface area (Å²) in [7, 11) is 0. The maximum atomic E-state index is 13.5. The second-order valence-corrected chi connectivity index (χ2v) is 3.91. The summed E-state index contributed by atoms with van der Waals surface area (Å²) >= 11 is 5.54. The van der Waals surface area contributed by atoms with Crippen molar-refractivity contribution in [1.82, 2.24) is 0 Å². The summed E-state index contributed by atoms with van der Waals surface area (Å²) < 4.78 is 18.4. The Morgan fingerprint density at radius 2 is 2.12 bits per heavy atom. The SMILES string of the molecule is Cc1ccc(NC(=O)c2ccc(Cl)o2)c(F)c1. The second-order valence-electron chi connectivity index (χ2n) is 3.54. The van der Waals surface area contributed by atoms with Crippen LogP contribution >= 0.6 is 11.6 Å². The Morgan fingerprint density at radius 1 is 1.35 bits per heavy atom. The van der Waals surface area contributed by atoms with E-state index in [9.17, 15) is 9.18 Å². The quantitative estimate of drug-likeness (QED) is 0.888. The van der Waals surface area contributed by atoms with Crippen molar-refractivity contribution in [3.05, 3.63) is 52.7 Å². The van der Waals surface area contributed by atoms with Crippen LogP contribution in [0, 0.1) is 12.7 Å². The van der Waals surface area contributed by atoms with Gasteiger partial charge in [-0.1, -0.05) is 6.07 Å². The predicted octanol–water partition coefficient (Wildman–Crippen LogP) is 3.63. The van der Waals surface area contributed by atoms with Crippen molar-refractivity contribution in [2.75, 3.05) is 5.32 Å². The van der Waals surface area contributed by atoms with Crippen molar-refractivity contribution < 1.29 is 13.6 Å². The molecule has 0 radical (unpaired) electrons. The van der Waals surface area contributed by atoms with Crippen LogP contribution in [0.5, 0.6) is 0 Å². The monoisotopic (exact) mass is 253 g/mol. The van der Waals surface area contributed by atoms with Gasteiger partial charge in [0.1, 0.15) is 5.82 Å². The molecule has 0 saturated carbocycles. The molecule has 17 heavy (non-hydrogen) atoms. The highest BCUT2D eigenvalue weighted by molar-refractivity contribution is 6.29. The van der Waals surface area contributed by atoms with Crippen molar-refractivity contribution in [3.63, 3.8) is 0 Å². The third-order valence-electron chi connectivity index (χ3n) is 2.17. The van der Waals surface area contributed by atoms with Crippen LogP contribution in [0.4, 0.5) is 10.1 Å². The minimum atomic E-state index is -0.542. The largest absolute Gasteiger partial charge is 0.440 e. The van der Waals surface area contributed by atoms with E-state index in [4.69, 9.17) is 16.0 Å². The van der Waals surface area contributed by atoms with Gasteiger partial charge in [0.15, 0.2) is 11.0 Å². The molecule has 1 heterocycles. The highest BCUT2D eigenvalue weighted by Gasteiger charge is 2.12. The van der Waals surface area contributed by atoms with Gasteiger partial charge in [-0.15, -0.1) is 0 Å². The minimum Gasteiger partial charge on any atom is -0.440 e. The smallest absolute Gasteiger partial charge is 0.291 e. The highest BCUT2D eigenvalue weighted by Crippen LogP contribution is 2.18. The Balaban J connectivity index is 2.18. The predicted molar refractivity (Wildman–Crippen MR) is 62.8 cm³/mol. The first-order valence-corrected chi connectivity index (χ1v) is 5.27. The second kappa shape index (κ2) is 4.59. The van der Waals surface area contributed by atoms with Crippen molar-refractivity contribution in [2.24, 2.45) is 0 Å². The van der Waals surface area contributed by atoms with Crippen LogP contribution in [0.25, 0.3) is 0 Å². The van der Waals surface area contributed by atoms with E-state index in [-0.39, 0.29) is 16.7 Å². The van der Waals surface area contributed by atoms with Crippen molar-refractivity contribution in [3.8, 4) is 0 Å². The number of anilines is 1. The van der Waals surface area contributed by atoms with Crippen LogP contribution in [0.3, 0.4) is 0 Å². The summed E-state index contributed by atoms with van der Waals surface area (Å²) in [6.45, 7) is 1.76. The Bertz CT molecular complexity index is 565. The Labute approximate surface area is 102 Å². The van der Waals surface area contributed by atoms with Gasteiger partial charge in [0.05, 0.1) is 5.69 Å². The number of hydrogen-bond acceptors (Lipinski definition) is 2. The first-order valence-electron chi connectivity index (χ1n) is 4.89. The summed E-state index contributed by atoms with van der Waals surface area (Å²) in [5, 5.41) is 2.51. The molecule has 3 nitrogen and oxygen atoms in total. The van der Waals surface area contributed by atoms with Gasteiger partial charge in [0.2, 0.25) is 0 Å². The van der Waals surface area contributed by atoms with Gasteiger partial charge in [-0.3, -0.25) is 4.79 Å². The molecule has 0 aliphatic rings. The fourth-order valence-electron chi connectivity index (χ4n) is 1.34. The van der Waals surface area contributed by atoms with Crippen LogP contribution in [-0.2, 0) is 0 Å². The van der Waals surface area contributed by atoms with Crippen LogP contribution in [0.1, 0.15) is 16.1 Å². The number of furan rings is 1. The molecule has 1 aromatic carbocycles. The number of aryl methyl sites for hydroxylation is 1. The number of amides is 1. The molecule has 0 saturated heterocycles. The zero-order chi connectivity index (χ0) is 12.4. The fraction of sp³-hybridized carbons (Fsp3) is 0.0833. The number of carbonyl (C=O) groups is 1. The average Bonchev–Trinajstić information content (AvgIpc) is 2.69. The number of hydrogen-bond donors (Lipinski definition) is 1. The zero-order valence-electron chi connectivity index (χ0n) is 8.96. The molecule has 0 spiro atoms. The summed E-state index contributed by atoms with van der Waals surface area (Å²) in [6, 6.07) is 7.40. The van der Waals surface area contributed by atoms with Gasteiger partial charge in [-0.05, 0) is 48.4 Å². The van der Waals surface area contributed by atoms with Gasteiger partial charge in [0, 0.05) is 0 Å². The van der Waals surface area contributed by atoms with E-state index >= 15 is 0 Å². The first kappa shape index (κ1) is 11.7. The average molecular weight is 254 g/mol. The molecule has 0 fully saturated rings. The first-order chi connectivity index (χ1) is 8.06. The lowest BCUT2D eigenvalue weighted by Crippen LogP contribution is -2.12. The van der Waals surface area contributed by atoms with Crippen molar-refractivity contribution in [1.29, 1.82) is 0 Å². The van der Waals surface area contributed by atoms with Crippen molar-refractivity contribution in [2.45, 2.75) is 6.92 Å². The van der Waals surface area contributed by atoms with E-state index in [2.05, 4.69) is 5.32 Å². The standard InChI is InChI=1S/C12H9ClFNO2/c1-7-2-3-9(8(14)6-7)15-12(16)10-4-5-11(13)17-10/h2-6H,1H3,(H,15,16). The van der Waals surface area contributed by atoms with E-state index in [1.165, 1.54) is 24.3 Å². The topological polar surface area (TPSA) is 42.2 Å². The third kappa shape index (κ3) is 2.65. The van der Waals surface area contributed by atoms with E-state index < -0.39 is 11.7 Å². The molecule has 1 N–H and O–H groups in total. The van der Waals surface area contributed by atoms with E-state index in [0.29, 0.717) is 0 Å². The number of benzene rings is 1. The normalized spacial score (nSPS) is 10.3. The summed E-state index contributed by atoms with van der Waals surface area (Å²) in [5.41, 5.74) is 0.884. The summed E-state index contributed by atoms with van der Waals surface area (Å²) in [6.07, 6.45) is 0. The van der Waals surface area contributed by atoms with E-state index in [1.807, 2.05) is 0 Å². The van der Waals surface area contributed by atoms with Crippen LogP contribution in [-0.4, -0.2) is 5.91 Å². The van der Waals surface area contributed by atoms with Gasteiger partial charge in [-0.25, -0.2) is 4.39 Å². The summed E-state index contributed by atoms with van der Waals surface area (Å²) in [5.74, 6) is -0.995. The Kier molecular flexibility index (Phi) is 3.15. The molecule has 88 valence electrons. The molecule has 0 aliphatic carbocycles. The molecule has 0 unspecified atom stereocenters. The molecule has 1 amide bonds. The van der Waals surface area contributed by atoms with E-state index in [1.54, 1.807) is 13.0 Å². The van der Waals surface area contributed by atoms with Crippen LogP contribution < -0.4 is 5.32 Å². The zero-order valence-corrected chi connectivity index (χ0v) is 9.72. The molecule has 1 aromatic heterocycles. The molecule has 5 heteroatoms. The Hall–Kier alpha value is -1.81. The van der Waals surface area contributed by atoms with Gasteiger partial charge in [-0.2, -0.15) is 0 Å². The van der Waals surface area contributed by atoms with Crippen LogP contribution in [0.2, 0.25) is 5.22 Å². The fourth-order valence-corrected chi connectivity index (χ4v) is 1.49. The maximum absolute atomic E-state index is 13.5. The maximum Gasteiger partial charge on any atom is 0.291 e. The van der Waals surface area contributed by atoms with Gasteiger partial charge < -0.3 is 9.73 Å². The molecule has 0 atom stereocenters. The Morgan fingerprint density at radius 3 is 2.71 bits per heavy atom. The lowest BCUT2D eigenvalue weighted by Gasteiger charge is -2.05. The molecular weight excluding hydrogens is 245 g/mol. The van der Waals surface area contributed by atoms with E-state index in [0.717, 1.165) is 5.56 Å².